The van der Waals surface area contributed by atoms with Gasteiger partial charge in [-0.25, -0.2) is 4.79 Å². The van der Waals surface area contributed by atoms with Crippen LogP contribution in [0, 0.1) is 0 Å². The van der Waals surface area contributed by atoms with Crippen molar-refractivity contribution in [3.05, 3.63) is 40.8 Å². The molecule has 154 valence electrons. The summed E-state index contributed by atoms with van der Waals surface area (Å²) in [5.74, 6) is -0.519. The fraction of sp³-hybridized carbons (Fsp3) is 0.316. The smallest absolute Gasteiger partial charge is 0.348 e. The monoisotopic (exact) mass is 406 g/mol. The Morgan fingerprint density at radius 3 is 2.31 bits per heavy atom. The average molecular weight is 406 g/mol. The van der Waals surface area contributed by atoms with Crippen molar-refractivity contribution in [2.24, 2.45) is 0 Å². The second-order valence-electron chi connectivity index (χ2n) is 6.72. The van der Waals surface area contributed by atoms with Gasteiger partial charge in [0.2, 0.25) is 6.29 Å². The molecule has 1 aliphatic heterocycles. The molecule has 10 heteroatoms. The molecule has 0 bridgehead atoms. The predicted octanol–water partition coefficient (Wildman–Crippen LogP) is -0.464. The maximum atomic E-state index is 12.1. The third kappa shape index (κ3) is 3.16. The first-order valence-electron chi connectivity index (χ1n) is 8.70. The van der Waals surface area contributed by atoms with E-state index in [1.165, 1.54) is 24.3 Å². The molecule has 0 radical (unpaired) electrons. The lowest BCUT2D eigenvalue weighted by molar-refractivity contribution is -0.277. The van der Waals surface area contributed by atoms with Crippen molar-refractivity contribution in [1.29, 1.82) is 0 Å². The molecule has 1 fully saturated rings. The molecular formula is C19H18O10. The van der Waals surface area contributed by atoms with Crippen LogP contribution < -0.4 is 10.4 Å². The lowest BCUT2D eigenvalue weighted by Gasteiger charge is -2.39. The van der Waals surface area contributed by atoms with Crippen LogP contribution in [-0.4, -0.2) is 68.0 Å². The van der Waals surface area contributed by atoms with Crippen LogP contribution in [0.3, 0.4) is 0 Å². The summed E-state index contributed by atoms with van der Waals surface area (Å²) >= 11 is 0. The molecule has 2 heterocycles. The van der Waals surface area contributed by atoms with E-state index in [9.17, 15) is 35.4 Å². The molecule has 0 saturated carbocycles. The first-order valence-corrected chi connectivity index (χ1v) is 8.70. The number of fused-ring (bicyclic) bond motifs is 3. The van der Waals surface area contributed by atoms with Crippen LogP contribution >= 0.6 is 0 Å². The number of phenolic OH excluding ortho intramolecular Hbond substituents is 2. The standard InChI is InChI=1S/C19H18O10/c20-6-12-15(23)16(24)17(25)19(29-12)27-7-1-4-11-8(5-7)13-9(21)2-3-10(22)14(13)18(26)28-11/h1-5,12,15-17,19-25H,6H2/t12-,15-,16+,17-,19-/m1/s1. The van der Waals surface area contributed by atoms with Gasteiger partial charge in [-0.1, -0.05) is 0 Å². The number of hydrogen-bond donors (Lipinski definition) is 6. The fourth-order valence-electron chi connectivity index (χ4n) is 3.38. The number of rotatable bonds is 3. The Kier molecular flexibility index (Phi) is 4.81. The summed E-state index contributed by atoms with van der Waals surface area (Å²) in [5, 5.41) is 59.4. The summed E-state index contributed by atoms with van der Waals surface area (Å²) < 4.78 is 16.0. The first kappa shape index (κ1) is 19.4. The van der Waals surface area contributed by atoms with E-state index in [0.717, 1.165) is 6.07 Å². The maximum absolute atomic E-state index is 12.1. The molecular weight excluding hydrogens is 388 g/mol. The lowest BCUT2D eigenvalue weighted by atomic mass is 9.99. The summed E-state index contributed by atoms with van der Waals surface area (Å²) in [7, 11) is 0. The maximum Gasteiger partial charge on any atom is 0.348 e. The molecule has 10 nitrogen and oxygen atoms in total. The van der Waals surface area contributed by atoms with E-state index in [1.807, 2.05) is 0 Å². The molecule has 1 aromatic heterocycles. The van der Waals surface area contributed by atoms with E-state index in [2.05, 4.69) is 0 Å². The zero-order chi connectivity index (χ0) is 20.9. The minimum absolute atomic E-state index is 0.0514. The minimum Gasteiger partial charge on any atom is -0.507 e. The van der Waals surface area contributed by atoms with Crippen LogP contribution in [0.1, 0.15) is 0 Å². The van der Waals surface area contributed by atoms with Gasteiger partial charge >= 0.3 is 5.63 Å². The molecule has 0 aliphatic carbocycles. The highest BCUT2D eigenvalue weighted by Gasteiger charge is 2.44. The van der Waals surface area contributed by atoms with Crippen molar-refractivity contribution in [3.8, 4) is 17.2 Å². The molecule has 6 N–H and O–H groups in total. The largest absolute Gasteiger partial charge is 0.507 e. The zero-order valence-electron chi connectivity index (χ0n) is 14.8. The number of aromatic hydroxyl groups is 2. The molecule has 29 heavy (non-hydrogen) atoms. The average Bonchev–Trinajstić information content (AvgIpc) is 2.71. The van der Waals surface area contributed by atoms with Crippen LogP contribution in [0.15, 0.2) is 39.5 Å². The molecule has 3 aromatic rings. The third-order valence-corrected chi connectivity index (χ3v) is 4.89. The van der Waals surface area contributed by atoms with Gasteiger partial charge in [-0.3, -0.25) is 0 Å². The summed E-state index contributed by atoms with van der Waals surface area (Å²) in [4.78, 5) is 12.1. The van der Waals surface area contributed by atoms with Gasteiger partial charge in [-0.15, -0.1) is 0 Å². The quantitative estimate of drug-likeness (QED) is 0.190. The van der Waals surface area contributed by atoms with Crippen LogP contribution in [-0.2, 0) is 4.74 Å². The number of benzene rings is 2. The summed E-state index contributed by atoms with van der Waals surface area (Å²) in [5.41, 5.74) is -0.715. The molecule has 1 aliphatic rings. The van der Waals surface area contributed by atoms with Crippen molar-refractivity contribution in [2.75, 3.05) is 6.61 Å². The van der Waals surface area contributed by atoms with E-state index in [4.69, 9.17) is 13.9 Å². The Bertz CT molecular complexity index is 1120. The van der Waals surface area contributed by atoms with Crippen molar-refractivity contribution in [2.45, 2.75) is 30.7 Å². The summed E-state index contributed by atoms with van der Waals surface area (Å²) in [6.45, 7) is -0.606. The van der Waals surface area contributed by atoms with Crippen molar-refractivity contribution in [1.82, 2.24) is 0 Å². The SMILES string of the molecule is O=c1oc2ccc(O[C@@H]3O[C@H](CO)[C@@H](O)[C@H](O)[C@H]3O)cc2c2c(O)ccc(O)c12. The van der Waals surface area contributed by atoms with E-state index in [1.54, 1.807) is 0 Å². The number of aliphatic hydroxyl groups is 4. The molecule has 1 saturated heterocycles. The molecule has 0 amide bonds. The van der Waals surface area contributed by atoms with Crippen molar-refractivity contribution >= 4 is 21.7 Å². The lowest BCUT2D eigenvalue weighted by Crippen LogP contribution is -2.60. The van der Waals surface area contributed by atoms with Gasteiger partial charge < -0.3 is 44.5 Å². The van der Waals surface area contributed by atoms with Crippen molar-refractivity contribution < 1.29 is 44.5 Å². The predicted molar refractivity (Wildman–Crippen MR) is 97.7 cm³/mol. The normalized spacial score (nSPS) is 27.4. The van der Waals surface area contributed by atoms with E-state index >= 15 is 0 Å². The Labute approximate surface area is 162 Å². The van der Waals surface area contributed by atoms with Gasteiger partial charge in [0.25, 0.3) is 0 Å². The van der Waals surface area contributed by atoms with Gasteiger partial charge in [0.05, 0.1) is 6.61 Å². The topological polar surface area (TPSA) is 170 Å². The number of ether oxygens (including phenoxy) is 2. The molecule has 0 spiro atoms. The first-order chi connectivity index (χ1) is 13.8. The van der Waals surface area contributed by atoms with E-state index < -0.39 is 42.9 Å². The number of phenols is 2. The van der Waals surface area contributed by atoms with Crippen LogP contribution in [0.4, 0.5) is 0 Å². The number of hydrogen-bond acceptors (Lipinski definition) is 10. The van der Waals surface area contributed by atoms with Gasteiger partial charge in [-0.05, 0) is 30.3 Å². The van der Waals surface area contributed by atoms with Gasteiger partial charge in [0.15, 0.2) is 0 Å². The molecule has 5 atom stereocenters. The highest BCUT2D eigenvalue weighted by Crippen LogP contribution is 2.36. The fourth-order valence-corrected chi connectivity index (χ4v) is 3.38. The zero-order valence-corrected chi connectivity index (χ0v) is 14.8. The Morgan fingerprint density at radius 2 is 1.62 bits per heavy atom. The second kappa shape index (κ2) is 7.17. The Hall–Kier alpha value is -2.89. The van der Waals surface area contributed by atoms with E-state index in [-0.39, 0.29) is 39.0 Å². The highest BCUT2D eigenvalue weighted by atomic mass is 16.7. The van der Waals surface area contributed by atoms with E-state index in [0.29, 0.717) is 0 Å². The van der Waals surface area contributed by atoms with Gasteiger partial charge in [0, 0.05) is 10.8 Å². The second-order valence-corrected chi connectivity index (χ2v) is 6.72. The van der Waals surface area contributed by atoms with Crippen LogP contribution in [0.5, 0.6) is 17.2 Å². The van der Waals surface area contributed by atoms with Gasteiger partial charge in [0.1, 0.15) is 52.6 Å². The van der Waals surface area contributed by atoms with Crippen molar-refractivity contribution in [3.63, 3.8) is 0 Å². The Morgan fingerprint density at radius 1 is 0.931 bits per heavy atom. The molecule has 0 unspecified atom stereocenters. The third-order valence-electron chi connectivity index (χ3n) is 4.89. The minimum atomic E-state index is -1.61. The summed E-state index contributed by atoms with van der Waals surface area (Å²) in [6.07, 6.45) is -7.28. The number of aliphatic hydroxyl groups excluding tert-OH is 4. The van der Waals surface area contributed by atoms with Crippen LogP contribution in [0.25, 0.3) is 21.7 Å². The van der Waals surface area contributed by atoms with Gasteiger partial charge in [-0.2, -0.15) is 0 Å². The molecule has 2 aromatic carbocycles. The summed E-state index contributed by atoms with van der Waals surface area (Å²) in [6, 6.07) is 6.56. The highest BCUT2D eigenvalue weighted by molar-refractivity contribution is 6.09. The molecule has 4 rings (SSSR count). The van der Waals surface area contributed by atoms with Crippen LogP contribution in [0.2, 0.25) is 0 Å². The Balaban J connectivity index is 1.78.